The molecule has 1 heterocycles. The normalized spacial score (nSPS) is 11.8. The second-order valence-corrected chi connectivity index (χ2v) is 8.18. The van der Waals surface area contributed by atoms with Crippen molar-refractivity contribution in [3.05, 3.63) is 47.0 Å². The van der Waals surface area contributed by atoms with E-state index in [2.05, 4.69) is 14.7 Å². The molecule has 0 aliphatic heterocycles. The SMILES string of the molecule is CCOc1cc(C=C(c2ncccn2)S(=O)(=O)CCC(=O)OC)cc(Cl)c1OC. The Labute approximate surface area is 174 Å². The molecule has 0 spiro atoms. The number of nitrogens with zero attached hydrogens (tertiary/aromatic N) is 2. The fourth-order valence-corrected chi connectivity index (χ4v) is 4.08. The number of esters is 1. The van der Waals surface area contributed by atoms with E-state index < -0.39 is 21.6 Å². The van der Waals surface area contributed by atoms with Crippen molar-refractivity contribution in [3.8, 4) is 11.5 Å². The number of hydrogen-bond donors (Lipinski definition) is 0. The highest BCUT2D eigenvalue weighted by Crippen LogP contribution is 2.37. The first kappa shape index (κ1) is 22.6. The van der Waals surface area contributed by atoms with Gasteiger partial charge in [-0.05, 0) is 36.8 Å². The molecule has 8 nitrogen and oxygen atoms in total. The number of methoxy groups -OCH3 is 2. The summed E-state index contributed by atoms with van der Waals surface area (Å²) in [5.41, 5.74) is 0.448. The monoisotopic (exact) mass is 440 g/mol. The van der Waals surface area contributed by atoms with Crippen LogP contribution in [-0.2, 0) is 19.4 Å². The molecule has 0 aliphatic rings. The zero-order valence-electron chi connectivity index (χ0n) is 16.2. The van der Waals surface area contributed by atoms with E-state index in [1.165, 1.54) is 32.7 Å². The molecule has 0 unspecified atom stereocenters. The maximum Gasteiger partial charge on any atom is 0.306 e. The molecule has 0 N–H and O–H groups in total. The highest BCUT2D eigenvalue weighted by molar-refractivity contribution is 8.00. The van der Waals surface area contributed by atoms with Gasteiger partial charge in [0.05, 0.1) is 38.0 Å². The Balaban J connectivity index is 2.58. The van der Waals surface area contributed by atoms with Crippen LogP contribution in [0.4, 0.5) is 0 Å². The Hall–Kier alpha value is -2.65. The van der Waals surface area contributed by atoms with E-state index in [0.29, 0.717) is 23.7 Å². The lowest BCUT2D eigenvalue weighted by Crippen LogP contribution is -2.14. The van der Waals surface area contributed by atoms with Gasteiger partial charge < -0.3 is 14.2 Å². The summed E-state index contributed by atoms with van der Waals surface area (Å²) in [5, 5.41) is 0.255. The van der Waals surface area contributed by atoms with Crippen LogP contribution in [0, 0.1) is 0 Å². The molecule has 156 valence electrons. The summed E-state index contributed by atoms with van der Waals surface area (Å²) >= 11 is 6.26. The van der Waals surface area contributed by atoms with Crippen molar-refractivity contribution in [1.82, 2.24) is 9.97 Å². The minimum absolute atomic E-state index is 0.00210. The molecule has 0 aliphatic carbocycles. The quantitative estimate of drug-likeness (QED) is 0.548. The molecule has 0 radical (unpaired) electrons. The summed E-state index contributed by atoms with van der Waals surface area (Å²) in [6.07, 6.45) is 3.95. The highest BCUT2D eigenvalue weighted by Gasteiger charge is 2.24. The van der Waals surface area contributed by atoms with Crippen LogP contribution in [0.3, 0.4) is 0 Å². The van der Waals surface area contributed by atoms with Crippen LogP contribution in [0.25, 0.3) is 11.0 Å². The van der Waals surface area contributed by atoms with Gasteiger partial charge in [-0.2, -0.15) is 0 Å². The molecule has 1 aromatic heterocycles. The summed E-state index contributed by atoms with van der Waals surface area (Å²) in [6, 6.07) is 4.72. The van der Waals surface area contributed by atoms with E-state index in [-0.39, 0.29) is 22.2 Å². The van der Waals surface area contributed by atoms with Gasteiger partial charge in [-0.15, -0.1) is 0 Å². The van der Waals surface area contributed by atoms with Gasteiger partial charge in [-0.1, -0.05) is 11.6 Å². The lowest BCUT2D eigenvalue weighted by atomic mass is 10.2. The molecule has 0 bridgehead atoms. The predicted octanol–water partition coefficient (Wildman–Crippen LogP) is 3.01. The second kappa shape index (κ2) is 10.2. The van der Waals surface area contributed by atoms with E-state index in [0.717, 1.165) is 0 Å². The zero-order chi connectivity index (χ0) is 21.4. The first-order valence-corrected chi connectivity index (χ1v) is 10.6. The Morgan fingerprint density at radius 1 is 1.21 bits per heavy atom. The van der Waals surface area contributed by atoms with Crippen LogP contribution in [0.5, 0.6) is 11.5 Å². The van der Waals surface area contributed by atoms with Crippen LogP contribution >= 0.6 is 11.6 Å². The second-order valence-electron chi connectivity index (χ2n) is 5.69. The summed E-state index contributed by atoms with van der Waals surface area (Å²) in [4.78, 5) is 19.4. The number of carbonyl (C=O) groups excluding carboxylic acids is 1. The smallest absolute Gasteiger partial charge is 0.306 e. The molecule has 0 atom stereocenters. The van der Waals surface area contributed by atoms with Crippen molar-refractivity contribution in [2.75, 3.05) is 26.6 Å². The third-order valence-electron chi connectivity index (χ3n) is 3.76. The number of ether oxygens (including phenoxy) is 3. The van der Waals surface area contributed by atoms with Crippen molar-refractivity contribution in [2.45, 2.75) is 13.3 Å². The summed E-state index contributed by atoms with van der Waals surface area (Å²) in [5.74, 6) is -0.368. The van der Waals surface area contributed by atoms with Gasteiger partial charge >= 0.3 is 5.97 Å². The van der Waals surface area contributed by atoms with E-state index in [4.69, 9.17) is 21.1 Å². The number of aromatic nitrogens is 2. The Bertz CT molecular complexity index is 993. The molecule has 0 amide bonds. The lowest BCUT2D eigenvalue weighted by molar-refractivity contribution is -0.140. The zero-order valence-corrected chi connectivity index (χ0v) is 17.8. The number of carbonyl (C=O) groups is 1. The number of rotatable bonds is 9. The third kappa shape index (κ3) is 5.91. The summed E-state index contributed by atoms with van der Waals surface area (Å²) in [6.45, 7) is 2.17. The molecule has 0 saturated heterocycles. The van der Waals surface area contributed by atoms with Crippen molar-refractivity contribution < 1.29 is 27.4 Å². The van der Waals surface area contributed by atoms with E-state index in [1.54, 1.807) is 25.1 Å². The van der Waals surface area contributed by atoms with E-state index in [1.807, 2.05) is 0 Å². The largest absolute Gasteiger partial charge is 0.491 e. The predicted molar refractivity (Wildman–Crippen MR) is 109 cm³/mol. The number of benzene rings is 1. The first-order valence-electron chi connectivity index (χ1n) is 8.61. The Morgan fingerprint density at radius 2 is 1.90 bits per heavy atom. The molecule has 10 heteroatoms. The van der Waals surface area contributed by atoms with Crippen molar-refractivity contribution >= 4 is 38.4 Å². The van der Waals surface area contributed by atoms with Crippen LogP contribution in [0.1, 0.15) is 24.7 Å². The standard InChI is InChI=1S/C19H21ClN2O6S/c1-4-28-15-11-13(10-14(20)18(15)27-3)12-16(19-21-7-5-8-22-19)29(24,25)9-6-17(23)26-2/h5,7-8,10-12H,4,6,9H2,1-3H3. The first-order chi connectivity index (χ1) is 13.8. The fraction of sp³-hybridized carbons (Fsp3) is 0.316. The average molecular weight is 441 g/mol. The van der Waals surface area contributed by atoms with Gasteiger partial charge in [0.1, 0.15) is 4.91 Å². The van der Waals surface area contributed by atoms with Crippen molar-refractivity contribution in [1.29, 1.82) is 0 Å². The van der Waals surface area contributed by atoms with Gasteiger partial charge in [0.25, 0.3) is 0 Å². The van der Waals surface area contributed by atoms with Crippen molar-refractivity contribution in [2.24, 2.45) is 0 Å². The Kier molecular flexibility index (Phi) is 7.98. The van der Waals surface area contributed by atoms with Gasteiger partial charge in [-0.3, -0.25) is 4.79 Å². The van der Waals surface area contributed by atoms with Gasteiger partial charge in [-0.25, -0.2) is 18.4 Å². The lowest BCUT2D eigenvalue weighted by Gasteiger charge is -2.13. The molecule has 0 fully saturated rings. The molecule has 0 saturated carbocycles. The molecule has 29 heavy (non-hydrogen) atoms. The molecular weight excluding hydrogens is 420 g/mol. The fourth-order valence-electron chi connectivity index (χ4n) is 2.43. The van der Waals surface area contributed by atoms with Gasteiger partial charge in [0.2, 0.25) is 0 Å². The summed E-state index contributed by atoms with van der Waals surface area (Å²) in [7, 11) is -1.26. The third-order valence-corrected chi connectivity index (χ3v) is 5.75. The maximum atomic E-state index is 12.9. The highest BCUT2D eigenvalue weighted by atomic mass is 35.5. The minimum Gasteiger partial charge on any atom is -0.491 e. The van der Waals surface area contributed by atoms with Gasteiger partial charge in [0, 0.05) is 12.4 Å². The van der Waals surface area contributed by atoms with Crippen molar-refractivity contribution in [3.63, 3.8) is 0 Å². The molecule has 2 rings (SSSR count). The Morgan fingerprint density at radius 3 is 2.48 bits per heavy atom. The number of hydrogen-bond acceptors (Lipinski definition) is 8. The summed E-state index contributed by atoms with van der Waals surface area (Å²) < 4.78 is 41.2. The minimum atomic E-state index is -3.91. The molecule has 2 aromatic rings. The maximum absolute atomic E-state index is 12.9. The number of halogens is 1. The average Bonchev–Trinajstić information content (AvgIpc) is 2.71. The van der Waals surface area contributed by atoms with E-state index in [9.17, 15) is 13.2 Å². The van der Waals surface area contributed by atoms with Gasteiger partial charge in [0.15, 0.2) is 27.2 Å². The van der Waals surface area contributed by atoms with Crippen LogP contribution in [0.2, 0.25) is 5.02 Å². The molecule has 1 aromatic carbocycles. The van der Waals surface area contributed by atoms with Crippen LogP contribution in [0.15, 0.2) is 30.6 Å². The molecular formula is C19H21ClN2O6S. The van der Waals surface area contributed by atoms with Crippen LogP contribution in [-0.4, -0.2) is 50.9 Å². The number of sulfone groups is 1. The van der Waals surface area contributed by atoms with Crippen LogP contribution < -0.4 is 9.47 Å². The van der Waals surface area contributed by atoms with E-state index >= 15 is 0 Å². The topological polar surface area (TPSA) is 105 Å².